The predicted molar refractivity (Wildman–Crippen MR) is 102 cm³/mol. The molecule has 0 atom stereocenters. The summed E-state index contributed by atoms with van der Waals surface area (Å²) in [5, 5.41) is 2.05. The molecule has 0 aromatic heterocycles. The minimum absolute atomic E-state index is 0.0801. The Labute approximate surface area is 161 Å². The van der Waals surface area contributed by atoms with Crippen LogP contribution >= 0.6 is 27.7 Å². The molecule has 0 unspecified atom stereocenters. The van der Waals surface area contributed by atoms with E-state index in [-0.39, 0.29) is 10.5 Å². The summed E-state index contributed by atoms with van der Waals surface area (Å²) in [6.45, 7) is -0.407. The summed E-state index contributed by atoms with van der Waals surface area (Å²) < 4.78 is 14.6. The lowest BCUT2D eigenvalue weighted by molar-refractivity contribution is -0.127. The lowest BCUT2D eigenvalue weighted by Crippen LogP contribution is -2.36. The molecule has 1 aliphatic rings. The third kappa shape index (κ3) is 4.20. The van der Waals surface area contributed by atoms with Gasteiger partial charge in [-0.05, 0) is 48.2 Å². The quantitative estimate of drug-likeness (QED) is 0.729. The maximum Gasteiger partial charge on any atom is 0.294 e. The fourth-order valence-electron chi connectivity index (χ4n) is 2.25. The fraction of sp³-hybridized carbons (Fsp3) is 0.0556. The zero-order valence-electron chi connectivity index (χ0n) is 13.2. The number of hydrogen-bond acceptors (Lipinski definition) is 4. The smallest absolute Gasteiger partial charge is 0.294 e. The van der Waals surface area contributed by atoms with E-state index in [9.17, 15) is 18.8 Å². The Morgan fingerprint density at radius 3 is 2.54 bits per heavy atom. The monoisotopic (exact) mass is 434 g/mol. The second-order valence-corrected chi connectivity index (χ2v) is 7.25. The molecule has 1 fully saturated rings. The van der Waals surface area contributed by atoms with Gasteiger partial charge in [0.2, 0.25) is 5.91 Å². The second-order valence-electron chi connectivity index (χ2n) is 5.34. The predicted octanol–water partition coefficient (Wildman–Crippen LogP) is 4.26. The summed E-state index contributed by atoms with van der Waals surface area (Å²) in [5.74, 6) is -1.61. The summed E-state index contributed by atoms with van der Waals surface area (Å²) in [4.78, 5) is 37.4. The zero-order valence-corrected chi connectivity index (χ0v) is 15.6. The first-order valence-electron chi connectivity index (χ1n) is 7.49. The Morgan fingerprint density at radius 1 is 1.15 bits per heavy atom. The molecule has 0 bridgehead atoms. The number of rotatable bonds is 4. The Hall–Kier alpha value is -2.45. The standard InChI is InChI=1S/C18H12BrFN2O3S/c19-12-5-7-13(8-6-12)21-16(23)10-22-17(24)15(26-18(22)25)9-11-3-1-2-4-14(11)20/h1-9H,10H2,(H,21,23)/b15-9+. The Bertz CT molecular complexity index is 915. The Morgan fingerprint density at radius 2 is 1.85 bits per heavy atom. The zero-order chi connectivity index (χ0) is 18.7. The van der Waals surface area contributed by atoms with Gasteiger partial charge in [-0.25, -0.2) is 4.39 Å². The summed E-state index contributed by atoms with van der Waals surface area (Å²) in [7, 11) is 0. The van der Waals surface area contributed by atoms with E-state index in [1.807, 2.05) is 0 Å². The molecular formula is C18H12BrFN2O3S. The average molecular weight is 435 g/mol. The van der Waals surface area contributed by atoms with Crippen LogP contribution in [0.1, 0.15) is 5.56 Å². The molecule has 1 N–H and O–H groups in total. The van der Waals surface area contributed by atoms with Crippen molar-refractivity contribution in [3.8, 4) is 0 Å². The van der Waals surface area contributed by atoms with Gasteiger partial charge in [-0.3, -0.25) is 19.3 Å². The molecule has 2 aromatic rings. The maximum absolute atomic E-state index is 13.7. The van der Waals surface area contributed by atoms with Crippen molar-refractivity contribution < 1.29 is 18.8 Å². The highest BCUT2D eigenvalue weighted by molar-refractivity contribution is 9.10. The van der Waals surface area contributed by atoms with Crippen LogP contribution in [-0.4, -0.2) is 28.5 Å². The first-order chi connectivity index (χ1) is 12.4. The molecule has 3 rings (SSSR count). The molecule has 132 valence electrons. The first kappa shape index (κ1) is 18.3. The first-order valence-corrected chi connectivity index (χ1v) is 9.10. The molecule has 2 aromatic carbocycles. The molecule has 5 nitrogen and oxygen atoms in total. The normalized spacial score (nSPS) is 15.6. The summed E-state index contributed by atoms with van der Waals surface area (Å²) in [6, 6.07) is 12.8. The molecule has 0 aliphatic carbocycles. The maximum atomic E-state index is 13.7. The van der Waals surface area contributed by atoms with Crippen LogP contribution in [0.15, 0.2) is 57.9 Å². The van der Waals surface area contributed by atoms with Gasteiger partial charge in [0.25, 0.3) is 11.1 Å². The summed E-state index contributed by atoms with van der Waals surface area (Å²) >= 11 is 3.97. The lowest BCUT2D eigenvalue weighted by atomic mass is 10.2. The van der Waals surface area contributed by atoms with E-state index in [1.54, 1.807) is 30.3 Å². The number of thioether (sulfide) groups is 1. The second kappa shape index (κ2) is 7.84. The fourth-order valence-corrected chi connectivity index (χ4v) is 3.34. The number of hydrogen-bond donors (Lipinski definition) is 1. The third-order valence-corrected chi connectivity index (χ3v) is 4.93. The van der Waals surface area contributed by atoms with Crippen molar-refractivity contribution >= 4 is 56.5 Å². The topological polar surface area (TPSA) is 66.5 Å². The number of anilines is 1. The summed E-state index contributed by atoms with van der Waals surface area (Å²) in [5.41, 5.74) is 0.754. The van der Waals surface area contributed by atoms with Gasteiger partial charge < -0.3 is 5.32 Å². The van der Waals surface area contributed by atoms with Gasteiger partial charge in [0, 0.05) is 15.7 Å². The molecule has 26 heavy (non-hydrogen) atoms. The molecular weight excluding hydrogens is 423 g/mol. The highest BCUT2D eigenvalue weighted by Crippen LogP contribution is 2.32. The number of amides is 3. The van der Waals surface area contributed by atoms with Crippen LogP contribution in [-0.2, 0) is 9.59 Å². The molecule has 1 heterocycles. The van der Waals surface area contributed by atoms with Crippen molar-refractivity contribution in [2.45, 2.75) is 0 Å². The lowest BCUT2D eigenvalue weighted by Gasteiger charge is -2.12. The van der Waals surface area contributed by atoms with E-state index in [1.165, 1.54) is 24.3 Å². The molecule has 0 spiro atoms. The van der Waals surface area contributed by atoms with Gasteiger partial charge in [-0.1, -0.05) is 34.1 Å². The third-order valence-electron chi connectivity index (χ3n) is 3.50. The number of benzene rings is 2. The van der Waals surface area contributed by atoms with Crippen molar-refractivity contribution in [2.75, 3.05) is 11.9 Å². The average Bonchev–Trinajstić information content (AvgIpc) is 2.86. The van der Waals surface area contributed by atoms with Crippen LogP contribution in [0.3, 0.4) is 0 Å². The molecule has 0 saturated carbocycles. The molecule has 1 aliphatic heterocycles. The minimum Gasteiger partial charge on any atom is -0.325 e. The van der Waals surface area contributed by atoms with Gasteiger partial charge in [0.05, 0.1) is 4.91 Å². The van der Waals surface area contributed by atoms with Crippen LogP contribution < -0.4 is 5.32 Å². The van der Waals surface area contributed by atoms with Crippen LogP contribution in [0.4, 0.5) is 14.9 Å². The van der Waals surface area contributed by atoms with E-state index in [0.29, 0.717) is 17.4 Å². The van der Waals surface area contributed by atoms with Crippen molar-refractivity contribution in [2.24, 2.45) is 0 Å². The number of halogens is 2. The van der Waals surface area contributed by atoms with E-state index < -0.39 is 29.4 Å². The van der Waals surface area contributed by atoms with Crippen LogP contribution in [0.2, 0.25) is 0 Å². The number of carbonyl (C=O) groups is 3. The summed E-state index contributed by atoms with van der Waals surface area (Å²) in [6.07, 6.45) is 1.31. The molecule has 0 radical (unpaired) electrons. The van der Waals surface area contributed by atoms with Gasteiger partial charge in [0.15, 0.2) is 0 Å². The molecule has 8 heteroatoms. The Kier molecular flexibility index (Phi) is 5.53. The highest BCUT2D eigenvalue weighted by Gasteiger charge is 2.36. The van der Waals surface area contributed by atoms with Gasteiger partial charge >= 0.3 is 0 Å². The largest absolute Gasteiger partial charge is 0.325 e. The molecule has 3 amide bonds. The number of nitrogens with one attached hydrogen (secondary N) is 1. The van der Waals surface area contributed by atoms with Crippen molar-refractivity contribution in [3.63, 3.8) is 0 Å². The SMILES string of the molecule is O=C(CN1C(=O)S/C(=C/c2ccccc2F)C1=O)Nc1ccc(Br)cc1. The van der Waals surface area contributed by atoms with Gasteiger partial charge in [-0.2, -0.15) is 0 Å². The van der Waals surface area contributed by atoms with E-state index in [0.717, 1.165) is 9.37 Å². The number of nitrogens with zero attached hydrogens (tertiary/aromatic N) is 1. The molecule has 1 saturated heterocycles. The number of carbonyl (C=O) groups excluding carboxylic acids is 3. The van der Waals surface area contributed by atoms with Crippen molar-refractivity contribution in [1.82, 2.24) is 4.90 Å². The Balaban J connectivity index is 1.70. The van der Waals surface area contributed by atoms with E-state index in [4.69, 9.17) is 0 Å². The van der Waals surface area contributed by atoms with Crippen LogP contribution in [0, 0.1) is 5.82 Å². The van der Waals surface area contributed by atoms with Crippen molar-refractivity contribution in [1.29, 1.82) is 0 Å². The van der Waals surface area contributed by atoms with E-state index >= 15 is 0 Å². The highest BCUT2D eigenvalue weighted by atomic mass is 79.9. The van der Waals surface area contributed by atoms with Crippen LogP contribution in [0.25, 0.3) is 6.08 Å². The minimum atomic E-state index is -0.616. The van der Waals surface area contributed by atoms with Crippen molar-refractivity contribution in [3.05, 3.63) is 69.3 Å². The van der Waals surface area contributed by atoms with Gasteiger partial charge in [0.1, 0.15) is 12.4 Å². The van der Waals surface area contributed by atoms with E-state index in [2.05, 4.69) is 21.2 Å². The number of imide groups is 1. The van der Waals surface area contributed by atoms with Crippen LogP contribution in [0.5, 0.6) is 0 Å². The van der Waals surface area contributed by atoms with Gasteiger partial charge in [-0.15, -0.1) is 0 Å².